The Hall–Kier alpha value is -2.14. The lowest BCUT2D eigenvalue weighted by atomic mass is 10.2. The molecular formula is C17H16BrNO3. The molecule has 2 aromatic carbocycles. The highest BCUT2D eigenvalue weighted by Crippen LogP contribution is 2.26. The quantitative estimate of drug-likeness (QED) is 0.804. The zero-order chi connectivity index (χ0) is 16.1. The number of halogens is 1. The predicted molar refractivity (Wildman–Crippen MR) is 90.3 cm³/mol. The van der Waals surface area contributed by atoms with E-state index in [0.717, 1.165) is 15.7 Å². The summed E-state index contributed by atoms with van der Waals surface area (Å²) >= 11 is 3.48. The molecule has 0 aliphatic rings. The van der Waals surface area contributed by atoms with Gasteiger partial charge < -0.3 is 9.84 Å². The first-order valence-corrected chi connectivity index (χ1v) is 7.55. The van der Waals surface area contributed by atoms with Crippen LogP contribution in [0.5, 0.6) is 5.75 Å². The summed E-state index contributed by atoms with van der Waals surface area (Å²) in [6.45, 7) is 3.52. The van der Waals surface area contributed by atoms with Gasteiger partial charge in [0, 0.05) is 10.7 Å². The zero-order valence-corrected chi connectivity index (χ0v) is 13.9. The standard InChI is InChI=1S/C17H16BrNO3/c1-11-3-8-16(15(18)9-11)19-10-13-4-6-14(7-5-13)22-12(2)17(20)21/h3-10,12H,1-2H3,(H,20,21)/t12-/m0/s1. The number of aliphatic imine (C=N–C) groups is 1. The Morgan fingerprint density at radius 2 is 1.95 bits per heavy atom. The summed E-state index contributed by atoms with van der Waals surface area (Å²) in [4.78, 5) is 15.2. The molecule has 1 N–H and O–H groups in total. The number of aryl methyl sites for hydroxylation is 1. The lowest BCUT2D eigenvalue weighted by molar-refractivity contribution is -0.144. The van der Waals surface area contributed by atoms with Crippen LogP contribution in [0.4, 0.5) is 5.69 Å². The maximum Gasteiger partial charge on any atom is 0.344 e. The van der Waals surface area contributed by atoms with E-state index in [-0.39, 0.29) is 0 Å². The van der Waals surface area contributed by atoms with Crippen LogP contribution in [0.1, 0.15) is 18.1 Å². The molecule has 0 aliphatic carbocycles. The number of ether oxygens (including phenoxy) is 1. The van der Waals surface area contributed by atoms with E-state index in [4.69, 9.17) is 9.84 Å². The van der Waals surface area contributed by atoms with E-state index in [2.05, 4.69) is 20.9 Å². The molecule has 1 atom stereocenters. The molecule has 2 rings (SSSR count). The second-order valence-electron chi connectivity index (χ2n) is 4.88. The first-order chi connectivity index (χ1) is 10.5. The molecule has 0 radical (unpaired) electrons. The van der Waals surface area contributed by atoms with E-state index < -0.39 is 12.1 Å². The molecule has 0 amide bonds. The van der Waals surface area contributed by atoms with E-state index in [0.29, 0.717) is 5.75 Å². The van der Waals surface area contributed by atoms with Crippen LogP contribution < -0.4 is 4.74 Å². The van der Waals surface area contributed by atoms with E-state index in [1.54, 1.807) is 18.3 Å². The van der Waals surface area contributed by atoms with Gasteiger partial charge in [0.15, 0.2) is 6.10 Å². The molecule has 0 unspecified atom stereocenters. The fraction of sp³-hybridized carbons (Fsp3) is 0.176. The first-order valence-electron chi connectivity index (χ1n) is 6.75. The Balaban J connectivity index is 2.07. The van der Waals surface area contributed by atoms with Gasteiger partial charge in [-0.3, -0.25) is 4.99 Å². The molecule has 5 heteroatoms. The van der Waals surface area contributed by atoms with Crippen molar-refractivity contribution in [2.24, 2.45) is 4.99 Å². The van der Waals surface area contributed by atoms with Crippen molar-refractivity contribution in [3.8, 4) is 5.75 Å². The molecule has 0 saturated heterocycles. The topological polar surface area (TPSA) is 58.9 Å². The van der Waals surface area contributed by atoms with Crippen LogP contribution in [-0.2, 0) is 4.79 Å². The van der Waals surface area contributed by atoms with Gasteiger partial charge in [-0.25, -0.2) is 4.79 Å². The third-order valence-electron chi connectivity index (χ3n) is 3.00. The Labute approximate surface area is 137 Å². The number of aliphatic carboxylic acids is 1. The van der Waals surface area contributed by atoms with Gasteiger partial charge in [-0.2, -0.15) is 0 Å². The summed E-state index contributed by atoms with van der Waals surface area (Å²) in [5, 5.41) is 8.80. The van der Waals surface area contributed by atoms with Gasteiger partial charge >= 0.3 is 5.97 Å². The van der Waals surface area contributed by atoms with E-state index >= 15 is 0 Å². The number of nitrogens with zero attached hydrogens (tertiary/aromatic N) is 1. The van der Waals surface area contributed by atoms with Crippen molar-refractivity contribution >= 4 is 33.8 Å². The van der Waals surface area contributed by atoms with Crippen LogP contribution in [0, 0.1) is 6.92 Å². The van der Waals surface area contributed by atoms with Crippen molar-refractivity contribution in [1.29, 1.82) is 0 Å². The largest absolute Gasteiger partial charge is 0.479 e. The van der Waals surface area contributed by atoms with Gasteiger partial charge in [-0.1, -0.05) is 6.07 Å². The molecule has 22 heavy (non-hydrogen) atoms. The fourth-order valence-electron chi connectivity index (χ4n) is 1.75. The van der Waals surface area contributed by atoms with Crippen LogP contribution in [0.2, 0.25) is 0 Å². The molecule has 0 heterocycles. The molecule has 114 valence electrons. The van der Waals surface area contributed by atoms with Crippen LogP contribution in [0.3, 0.4) is 0 Å². The van der Waals surface area contributed by atoms with Gasteiger partial charge in [0.25, 0.3) is 0 Å². The van der Waals surface area contributed by atoms with Gasteiger partial charge in [0.1, 0.15) is 5.75 Å². The summed E-state index contributed by atoms with van der Waals surface area (Å²) in [5.74, 6) is -0.474. The number of rotatable bonds is 5. The van der Waals surface area contributed by atoms with Gasteiger partial charge in [0.05, 0.1) is 5.69 Å². The summed E-state index contributed by atoms with van der Waals surface area (Å²) in [6.07, 6.45) is 0.878. The molecule has 2 aromatic rings. The summed E-state index contributed by atoms with van der Waals surface area (Å²) in [7, 11) is 0. The lowest BCUT2D eigenvalue weighted by Crippen LogP contribution is -2.22. The highest BCUT2D eigenvalue weighted by atomic mass is 79.9. The molecule has 4 nitrogen and oxygen atoms in total. The van der Waals surface area contributed by atoms with Crippen molar-refractivity contribution in [2.75, 3.05) is 0 Å². The van der Waals surface area contributed by atoms with Crippen molar-refractivity contribution in [3.63, 3.8) is 0 Å². The average molecular weight is 362 g/mol. The van der Waals surface area contributed by atoms with E-state index in [1.807, 2.05) is 37.3 Å². The van der Waals surface area contributed by atoms with Crippen LogP contribution in [-0.4, -0.2) is 23.4 Å². The number of hydrogen-bond donors (Lipinski definition) is 1. The third kappa shape index (κ3) is 4.43. The fourth-order valence-corrected chi connectivity index (χ4v) is 2.34. The molecule has 0 spiro atoms. The normalized spacial score (nSPS) is 12.3. The molecule has 0 bridgehead atoms. The molecule has 0 aromatic heterocycles. The van der Waals surface area contributed by atoms with E-state index in [1.165, 1.54) is 12.5 Å². The second kappa shape index (κ2) is 7.22. The van der Waals surface area contributed by atoms with Crippen LogP contribution in [0.25, 0.3) is 0 Å². The van der Waals surface area contributed by atoms with E-state index in [9.17, 15) is 4.79 Å². The predicted octanol–water partition coefficient (Wildman–Crippen LogP) is 4.36. The van der Waals surface area contributed by atoms with Crippen molar-refractivity contribution < 1.29 is 14.6 Å². The second-order valence-corrected chi connectivity index (χ2v) is 5.73. The Morgan fingerprint density at radius 3 is 2.55 bits per heavy atom. The smallest absolute Gasteiger partial charge is 0.344 e. The first kappa shape index (κ1) is 16.2. The summed E-state index contributed by atoms with van der Waals surface area (Å²) < 4.78 is 6.22. The average Bonchev–Trinajstić information content (AvgIpc) is 2.47. The minimum absolute atomic E-state index is 0.517. The Morgan fingerprint density at radius 1 is 1.27 bits per heavy atom. The van der Waals surface area contributed by atoms with Crippen LogP contribution >= 0.6 is 15.9 Å². The minimum Gasteiger partial charge on any atom is -0.479 e. The number of carbonyl (C=O) groups is 1. The van der Waals surface area contributed by atoms with Gasteiger partial charge in [-0.15, -0.1) is 0 Å². The lowest BCUT2D eigenvalue weighted by Gasteiger charge is -2.09. The highest BCUT2D eigenvalue weighted by Gasteiger charge is 2.11. The SMILES string of the molecule is Cc1ccc(N=Cc2ccc(O[C@@H](C)C(=O)O)cc2)c(Br)c1. The minimum atomic E-state index is -0.991. The Kier molecular flexibility index (Phi) is 5.33. The molecule has 0 saturated carbocycles. The molecule has 0 fully saturated rings. The van der Waals surface area contributed by atoms with Crippen molar-refractivity contribution in [3.05, 3.63) is 58.1 Å². The number of hydrogen-bond acceptors (Lipinski definition) is 3. The van der Waals surface area contributed by atoms with Gasteiger partial charge in [-0.05, 0) is 77.3 Å². The number of benzene rings is 2. The summed E-state index contributed by atoms with van der Waals surface area (Å²) in [5.41, 5.74) is 2.92. The van der Waals surface area contributed by atoms with Crippen molar-refractivity contribution in [2.45, 2.75) is 20.0 Å². The molecular weight excluding hydrogens is 346 g/mol. The third-order valence-corrected chi connectivity index (χ3v) is 3.63. The van der Waals surface area contributed by atoms with Crippen LogP contribution in [0.15, 0.2) is 51.9 Å². The number of carboxylic acid groups (broad SMARTS) is 1. The Bertz CT molecular complexity index is 696. The maximum absolute atomic E-state index is 10.7. The number of carboxylic acids is 1. The zero-order valence-electron chi connectivity index (χ0n) is 12.3. The molecule has 0 aliphatic heterocycles. The van der Waals surface area contributed by atoms with Crippen molar-refractivity contribution in [1.82, 2.24) is 0 Å². The summed E-state index contributed by atoms with van der Waals surface area (Å²) in [6, 6.07) is 13.1. The highest BCUT2D eigenvalue weighted by molar-refractivity contribution is 9.10. The monoisotopic (exact) mass is 361 g/mol. The maximum atomic E-state index is 10.7. The van der Waals surface area contributed by atoms with Gasteiger partial charge in [0.2, 0.25) is 0 Å².